The number of likely N-dealkylation sites (N-methyl/N-ethyl adjacent to an activating group) is 1. The molecule has 1 aliphatic rings. The van der Waals surface area contributed by atoms with Gasteiger partial charge < -0.3 is 15.4 Å². The van der Waals surface area contributed by atoms with E-state index in [4.69, 9.17) is 10.5 Å². The summed E-state index contributed by atoms with van der Waals surface area (Å²) in [6.45, 7) is 3.96. The van der Waals surface area contributed by atoms with Crippen LogP contribution in [-0.2, 0) is 0 Å². The molecule has 0 radical (unpaired) electrons. The molecule has 0 spiro atoms. The van der Waals surface area contributed by atoms with Gasteiger partial charge in [-0.2, -0.15) is 0 Å². The zero-order valence-electron chi connectivity index (χ0n) is 11.4. The number of rotatable bonds is 4. The number of nitrogens with zero attached hydrogens (tertiary/aromatic N) is 1. The maximum Gasteiger partial charge on any atom is 0.119 e. The molecule has 18 heavy (non-hydrogen) atoms. The van der Waals surface area contributed by atoms with Crippen molar-refractivity contribution in [2.75, 3.05) is 20.2 Å². The normalized spacial score (nSPS) is 22.7. The van der Waals surface area contributed by atoms with Crippen molar-refractivity contribution in [3.05, 3.63) is 29.8 Å². The number of benzene rings is 1. The minimum absolute atomic E-state index is 0.0610. The Morgan fingerprint density at radius 2 is 2.28 bits per heavy atom. The molecule has 3 nitrogen and oxygen atoms in total. The molecule has 1 saturated heterocycles. The highest BCUT2D eigenvalue weighted by molar-refractivity contribution is 5.30. The first-order valence-corrected chi connectivity index (χ1v) is 6.85. The lowest BCUT2D eigenvalue weighted by Gasteiger charge is -2.32. The Hall–Kier alpha value is -1.06. The quantitative estimate of drug-likeness (QED) is 0.890. The van der Waals surface area contributed by atoms with E-state index in [1.165, 1.54) is 25.8 Å². The molecule has 1 aromatic rings. The Bertz CT molecular complexity index is 379. The highest BCUT2D eigenvalue weighted by atomic mass is 16.5. The third-order valence-corrected chi connectivity index (χ3v) is 3.75. The zero-order valence-corrected chi connectivity index (χ0v) is 11.4. The molecule has 1 aliphatic heterocycles. The Labute approximate surface area is 110 Å². The summed E-state index contributed by atoms with van der Waals surface area (Å²) in [7, 11) is 2.19. The second-order valence-electron chi connectivity index (χ2n) is 5.30. The maximum atomic E-state index is 5.91. The predicted octanol–water partition coefficient (Wildman–Crippen LogP) is 2.57. The Kier molecular flexibility index (Phi) is 4.61. The Morgan fingerprint density at radius 3 is 3.00 bits per heavy atom. The van der Waals surface area contributed by atoms with Crippen LogP contribution in [0.4, 0.5) is 0 Å². The van der Waals surface area contributed by atoms with Gasteiger partial charge in [-0.3, -0.25) is 0 Å². The monoisotopic (exact) mass is 248 g/mol. The van der Waals surface area contributed by atoms with E-state index in [0.29, 0.717) is 6.04 Å². The van der Waals surface area contributed by atoms with E-state index in [-0.39, 0.29) is 6.04 Å². The fourth-order valence-corrected chi connectivity index (χ4v) is 2.43. The molecule has 1 fully saturated rings. The second kappa shape index (κ2) is 6.21. The molecular weight excluding hydrogens is 224 g/mol. The summed E-state index contributed by atoms with van der Waals surface area (Å²) in [4.78, 5) is 2.40. The summed E-state index contributed by atoms with van der Waals surface area (Å²) in [5, 5.41) is 0. The van der Waals surface area contributed by atoms with Crippen LogP contribution in [-0.4, -0.2) is 31.1 Å². The molecule has 0 aliphatic carbocycles. The molecular formula is C15H24N2O. The fraction of sp³-hybridized carbons (Fsp3) is 0.600. The van der Waals surface area contributed by atoms with Gasteiger partial charge in [-0.25, -0.2) is 0 Å². The molecule has 0 bridgehead atoms. The van der Waals surface area contributed by atoms with Crippen LogP contribution in [0, 0.1) is 0 Å². The smallest absolute Gasteiger partial charge is 0.119 e. The van der Waals surface area contributed by atoms with Gasteiger partial charge >= 0.3 is 0 Å². The van der Waals surface area contributed by atoms with Crippen LogP contribution in [0.2, 0.25) is 0 Å². The number of piperidine rings is 1. The zero-order chi connectivity index (χ0) is 13.0. The van der Waals surface area contributed by atoms with Crippen molar-refractivity contribution in [3.63, 3.8) is 0 Å². The molecule has 2 unspecified atom stereocenters. The topological polar surface area (TPSA) is 38.5 Å². The first-order chi connectivity index (χ1) is 8.66. The van der Waals surface area contributed by atoms with Gasteiger partial charge in [-0.1, -0.05) is 18.6 Å². The summed E-state index contributed by atoms with van der Waals surface area (Å²) in [5.41, 5.74) is 7.01. The van der Waals surface area contributed by atoms with Crippen molar-refractivity contribution in [2.24, 2.45) is 5.73 Å². The minimum Gasteiger partial charge on any atom is -0.492 e. The van der Waals surface area contributed by atoms with E-state index in [2.05, 4.69) is 11.9 Å². The summed E-state index contributed by atoms with van der Waals surface area (Å²) in [6.07, 6.45) is 3.87. The highest BCUT2D eigenvalue weighted by Crippen LogP contribution is 2.20. The number of likely N-dealkylation sites (tertiary alicyclic amines) is 1. The van der Waals surface area contributed by atoms with Gasteiger partial charge in [-0.15, -0.1) is 0 Å². The van der Waals surface area contributed by atoms with E-state index in [1.807, 2.05) is 31.2 Å². The Balaban J connectivity index is 1.91. The molecule has 3 heteroatoms. The van der Waals surface area contributed by atoms with Gasteiger partial charge in [-0.05, 0) is 51.1 Å². The third-order valence-electron chi connectivity index (χ3n) is 3.75. The SMILES string of the molecule is CC(N)c1cccc(OCC2CCCCN2C)c1. The molecule has 1 heterocycles. The van der Waals surface area contributed by atoms with Crippen molar-refractivity contribution >= 4 is 0 Å². The van der Waals surface area contributed by atoms with Crippen molar-refractivity contribution in [1.82, 2.24) is 4.90 Å². The van der Waals surface area contributed by atoms with Crippen LogP contribution in [0.1, 0.15) is 37.8 Å². The maximum absolute atomic E-state index is 5.91. The summed E-state index contributed by atoms with van der Waals surface area (Å²) < 4.78 is 5.91. The summed E-state index contributed by atoms with van der Waals surface area (Å²) in [5.74, 6) is 0.934. The third kappa shape index (κ3) is 3.47. The minimum atomic E-state index is 0.0610. The van der Waals surface area contributed by atoms with Crippen LogP contribution in [0.15, 0.2) is 24.3 Å². The first-order valence-electron chi connectivity index (χ1n) is 6.85. The van der Waals surface area contributed by atoms with Crippen LogP contribution < -0.4 is 10.5 Å². The van der Waals surface area contributed by atoms with E-state index in [0.717, 1.165) is 17.9 Å². The van der Waals surface area contributed by atoms with Crippen LogP contribution in [0.25, 0.3) is 0 Å². The standard InChI is InChI=1S/C15H24N2O/c1-12(16)13-6-5-8-15(10-13)18-11-14-7-3-4-9-17(14)2/h5-6,8,10,12,14H,3-4,7,9,11,16H2,1-2H3. The largest absolute Gasteiger partial charge is 0.492 e. The lowest BCUT2D eigenvalue weighted by atomic mass is 10.0. The van der Waals surface area contributed by atoms with Crippen molar-refractivity contribution in [1.29, 1.82) is 0 Å². The van der Waals surface area contributed by atoms with E-state index < -0.39 is 0 Å². The number of hydrogen-bond donors (Lipinski definition) is 1. The Morgan fingerprint density at radius 1 is 1.44 bits per heavy atom. The van der Waals surface area contributed by atoms with Gasteiger partial charge in [0.15, 0.2) is 0 Å². The molecule has 2 atom stereocenters. The average molecular weight is 248 g/mol. The summed E-state index contributed by atoms with van der Waals surface area (Å²) in [6, 6.07) is 8.73. The van der Waals surface area contributed by atoms with E-state index in [9.17, 15) is 0 Å². The van der Waals surface area contributed by atoms with E-state index in [1.54, 1.807) is 0 Å². The molecule has 0 saturated carbocycles. The second-order valence-corrected chi connectivity index (χ2v) is 5.30. The van der Waals surface area contributed by atoms with E-state index >= 15 is 0 Å². The van der Waals surface area contributed by atoms with Crippen molar-refractivity contribution in [2.45, 2.75) is 38.3 Å². The number of hydrogen-bond acceptors (Lipinski definition) is 3. The average Bonchev–Trinajstić information content (AvgIpc) is 2.38. The number of ether oxygens (including phenoxy) is 1. The van der Waals surface area contributed by atoms with Gasteiger partial charge in [0.25, 0.3) is 0 Å². The first kappa shape index (κ1) is 13.4. The molecule has 0 aromatic heterocycles. The van der Waals surface area contributed by atoms with Crippen LogP contribution >= 0.6 is 0 Å². The molecule has 100 valence electrons. The molecule has 0 amide bonds. The highest BCUT2D eigenvalue weighted by Gasteiger charge is 2.19. The fourth-order valence-electron chi connectivity index (χ4n) is 2.43. The van der Waals surface area contributed by atoms with Crippen molar-refractivity contribution in [3.8, 4) is 5.75 Å². The lowest BCUT2D eigenvalue weighted by Crippen LogP contribution is -2.40. The van der Waals surface area contributed by atoms with Crippen LogP contribution in [0.3, 0.4) is 0 Å². The molecule has 2 rings (SSSR count). The van der Waals surface area contributed by atoms with Gasteiger partial charge in [0, 0.05) is 12.1 Å². The lowest BCUT2D eigenvalue weighted by molar-refractivity contribution is 0.125. The predicted molar refractivity (Wildman–Crippen MR) is 74.8 cm³/mol. The van der Waals surface area contributed by atoms with Crippen molar-refractivity contribution < 1.29 is 4.74 Å². The molecule has 2 N–H and O–H groups in total. The van der Waals surface area contributed by atoms with Gasteiger partial charge in [0.05, 0.1) is 0 Å². The number of nitrogens with two attached hydrogens (primary N) is 1. The molecule has 1 aromatic carbocycles. The van der Waals surface area contributed by atoms with Gasteiger partial charge in [0.2, 0.25) is 0 Å². The van der Waals surface area contributed by atoms with Crippen LogP contribution in [0.5, 0.6) is 5.75 Å². The van der Waals surface area contributed by atoms with Gasteiger partial charge in [0.1, 0.15) is 12.4 Å². The summed E-state index contributed by atoms with van der Waals surface area (Å²) >= 11 is 0.